The summed E-state index contributed by atoms with van der Waals surface area (Å²) in [6.07, 6.45) is 20.2. The third-order valence-electron chi connectivity index (χ3n) is 6.08. The standard InChI is InChI=1S/C18H31N/c1-19-15-18(16-9-5-4-6-10-16)13-17(14-18)11-7-2-3-8-12-17/h9,19H,2-8,10-15H2,1H3. The van der Waals surface area contributed by atoms with Gasteiger partial charge in [-0.15, -0.1) is 0 Å². The highest BCUT2D eigenvalue weighted by molar-refractivity contribution is 5.25. The second-order valence-electron chi connectivity index (χ2n) is 7.55. The van der Waals surface area contributed by atoms with Gasteiger partial charge in [-0.25, -0.2) is 0 Å². The SMILES string of the molecule is CNCC1(C2=CCCCC2)CC2(CCCCCC2)C1. The molecule has 2 saturated carbocycles. The van der Waals surface area contributed by atoms with Crippen molar-refractivity contribution in [1.82, 2.24) is 5.32 Å². The van der Waals surface area contributed by atoms with Crippen molar-refractivity contribution in [2.75, 3.05) is 13.6 Å². The average Bonchev–Trinajstić information content (AvgIpc) is 2.65. The van der Waals surface area contributed by atoms with Crippen LogP contribution in [0.2, 0.25) is 0 Å². The number of hydrogen-bond donors (Lipinski definition) is 1. The molecule has 0 aliphatic heterocycles. The number of rotatable bonds is 3. The molecular formula is C18H31N. The summed E-state index contributed by atoms with van der Waals surface area (Å²) in [5.74, 6) is 0. The van der Waals surface area contributed by atoms with Crippen molar-refractivity contribution in [1.29, 1.82) is 0 Å². The van der Waals surface area contributed by atoms with E-state index < -0.39 is 0 Å². The lowest BCUT2D eigenvalue weighted by atomic mass is 9.47. The first-order valence-electron chi connectivity index (χ1n) is 8.63. The molecule has 0 aromatic rings. The van der Waals surface area contributed by atoms with Crippen LogP contribution in [0.1, 0.15) is 77.0 Å². The van der Waals surface area contributed by atoms with Crippen LogP contribution in [0, 0.1) is 10.8 Å². The lowest BCUT2D eigenvalue weighted by Crippen LogP contribution is -2.52. The maximum atomic E-state index is 3.50. The Kier molecular flexibility index (Phi) is 4.03. The quantitative estimate of drug-likeness (QED) is 0.718. The Morgan fingerprint density at radius 2 is 1.74 bits per heavy atom. The highest BCUT2D eigenvalue weighted by atomic mass is 14.9. The van der Waals surface area contributed by atoms with Crippen LogP contribution in [0.4, 0.5) is 0 Å². The summed E-state index contributed by atoms with van der Waals surface area (Å²) in [5, 5.41) is 3.50. The van der Waals surface area contributed by atoms with Gasteiger partial charge in [-0.3, -0.25) is 0 Å². The smallest absolute Gasteiger partial charge is 0.00471 e. The van der Waals surface area contributed by atoms with Gasteiger partial charge in [0.25, 0.3) is 0 Å². The van der Waals surface area contributed by atoms with E-state index >= 15 is 0 Å². The minimum Gasteiger partial charge on any atom is -0.319 e. The largest absolute Gasteiger partial charge is 0.319 e. The molecule has 1 nitrogen and oxygen atoms in total. The summed E-state index contributed by atoms with van der Waals surface area (Å²) in [6, 6.07) is 0. The van der Waals surface area contributed by atoms with Crippen LogP contribution < -0.4 is 5.32 Å². The zero-order valence-electron chi connectivity index (χ0n) is 12.8. The lowest BCUT2D eigenvalue weighted by Gasteiger charge is -2.58. The van der Waals surface area contributed by atoms with Crippen LogP contribution in [0.3, 0.4) is 0 Å². The topological polar surface area (TPSA) is 12.0 Å². The van der Waals surface area contributed by atoms with E-state index in [0.29, 0.717) is 5.41 Å². The molecule has 3 aliphatic rings. The Morgan fingerprint density at radius 3 is 2.32 bits per heavy atom. The predicted molar refractivity (Wildman–Crippen MR) is 82.3 cm³/mol. The predicted octanol–water partition coefficient (Wildman–Crippen LogP) is 4.83. The second-order valence-corrected chi connectivity index (χ2v) is 7.55. The number of nitrogens with one attached hydrogen (secondary N) is 1. The van der Waals surface area contributed by atoms with Crippen molar-refractivity contribution in [3.63, 3.8) is 0 Å². The zero-order valence-corrected chi connectivity index (χ0v) is 12.8. The van der Waals surface area contributed by atoms with E-state index in [0.717, 1.165) is 5.41 Å². The van der Waals surface area contributed by atoms with Gasteiger partial charge in [0, 0.05) is 12.0 Å². The van der Waals surface area contributed by atoms with E-state index in [4.69, 9.17) is 0 Å². The molecule has 0 radical (unpaired) electrons. The molecule has 0 heterocycles. The van der Waals surface area contributed by atoms with Crippen LogP contribution in [0.5, 0.6) is 0 Å². The van der Waals surface area contributed by atoms with E-state index in [1.165, 1.54) is 83.6 Å². The zero-order chi connectivity index (χ0) is 13.2. The van der Waals surface area contributed by atoms with Crippen molar-refractivity contribution in [2.45, 2.75) is 77.0 Å². The second kappa shape index (κ2) is 5.60. The molecule has 0 saturated heterocycles. The normalized spacial score (nSPS) is 29.4. The van der Waals surface area contributed by atoms with Crippen LogP contribution in [-0.2, 0) is 0 Å². The maximum absolute atomic E-state index is 3.50. The fraction of sp³-hybridized carbons (Fsp3) is 0.889. The fourth-order valence-electron chi connectivity index (χ4n) is 5.34. The fourth-order valence-corrected chi connectivity index (χ4v) is 5.34. The van der Waals surface area contributed by atoms with Crippen LogP contribution in [0.25, 0.3) is 0 Å². The van der Waals surface area contributed by atoms with Crippen molar-refractivity contribution in [3.8, 4) is 0 Å². The first-order valence-corrected chi connectivity index (χ1v) is 8.63. The van der Waals surface area contributed by atoms with Crippen LogP contribution in [0.15, 0.2) is 11.6 Å². The molecule has 19 heavy (non-hydrogen) atoms. The van der Waals surface area contributed by atoms with Crippen LogP contribution >= 0.6 is 0 Å². The molecule has 0 amide bonds. The van der Waals surface area contributed by atoms with Gasteiger partial charge in [-0.05, 0) is 63.8 Å². The molecule has 2 fully saturated rings. The molecule has 1 N–H and O–H groups in total. The summed E-state index contributed by atoms with van der Waals surface area (Å²) in [4.78, 5) is 0. The van der Waals surface area contributed by atoms with E-state index in [-0.39, 0.29) is 0 Å². The molecule has 0 bridgehead atoms. The van der Waals surface area contributed by atoms with Crippen molar-refractivity contribution < 1.29 is 0 Å². The Morgan fingerprint density at radius 1 is 1.00 bits per heavy atom. The minimum atomic E-state index is 0.555. The summed E-state index contributed by atoms with van der Waals surface area (Å²) >= 11 is 0. The van der Waals surface area contributed by atoms with Gasteiger partial charge in [0.15, 0.2) is 0 Å². The highest BCUT2D eigenvalue weighted by Crippen LogP contribution is 2.64. The number of allylic oxidation sites excluding steroid dienone is 1. The van der Waals surface area contributed by atoms with Crippen LogP contribution in [-0.4, -0.2) is 13.6 Å². The highest BCUT2D eigenvalue weighted by Gasteiger charge is 2.54. The van der Waals surface area contributed by atoms with E-state index in [2.05, 4.69) is 18.4 Å². The summed E-state index contributed by atoms with van der Waals surface area (Å²) < 4.78 is 0. The van der Waals surface area contributed by atoms with Gasteiger partial charge in [-0.1, -0.05) is 37.3 Å². The number of hydrogen-bond acceptors (Lipinski definition) is 1. The van der Waals surface area contributed by atoms with Crippen molar-refractivity contribution in [2.24, 2.45) is 10.8 Å². The van der Waals surface area contributed by atoms with Gasteiger partial charge >= 0.3 is 0 Å². The maximum Gasteiger partial charge on any atom is 0.00471 e. The van der Waals surface area contributed by atoms with Gasteiger partial charge in [0.1, 0.15) is 0 Å². The van der Waals surface area contributed by atoms with Gasteiger partial charge < -0.3 is 5.32 Å². The molecule has 3 aliphatic carbocycles. The first kappa shape index (κ1) is 13.7. The minimum absolute atomic E-state index is 0.555. The van der Waals surface area contributed by atoms with Crippen molar-refractivity contribution in [3.05, 3.63) is 11.6 Å². The molecular weight excluding hydrogens is 230 g/mol. The molecule has 0 aromatic heterocycles. The molecule has 0 aromatic carbocycles. The lowest BCUT2D eigenvalue weighted by molar-refractivity contribution is -0.0267. The summed E-state index contributed by atoms with van der Waals surface area (Å²) in [7, 11) is 2.14. The molecule has 0 unspecified atom stereocenters. The molecule has 3 rings (SSSR count). The van der Waals surface area contributed by atoms with Gasteiger partial charge in [0.05, 0.1) is 0 Å². The Bertz CT molecular complexity index is 326. The first-order chi connectivity index (χ1) is 9.29. The summed E-state index contributed by atoms with van der Waals surface area (Å²) in [6.45, 7) is 1.22. The third kappa shape index (κ3) is 2.63. The molecule has 108 valence electrons. The van der Waals surface area contributed by atoms with Gasteiger partial charge in [-0.2, -0.15) is 0 Å². The molecule has 0 atom stereocenters. The van der Waals surface area contributed by atoms with Crippen molar-refractivity contribution >= 4 is 0 Å². The Hall–Kier alpha value is -0.300. The van der Waals surface area contributed by atoms with E-state index in [9.17, 15) is 0 Å². The molecule has 1 spiro atoms. The Labute approximate surface area is 119 Å². The average molecular weight is 261 g/mol. The summed E-state index contributed by atoms with van der Waals surface area (Å²) in [5.41, 5.74) is 3.12. The molecule has 1 heteroatoms. The van der Waals surface area contributed by atoms with E-state index in [1.807, 2.05) is 5.57 Å². The van der Waals surface area contributed by atoms with Gasteiger partial charge in [0.2, 0.25) is 0 Å². The van der Waals surface area contributed by atoms with E-state index in [1.54, 1.807) is 0 Å². The monoisotopic (exact) mass is 261 g/mol. The third-order valence-corrected chi connectivity index (χ3v) is 6.08. The Balaban J connectivity index is 1.72.